The Labute approximate surface area is 196 Å². The van der Waals surface area contributed by atoms with Crippen molar-refractivity contribution in [1.82, 2.24) is 0 Å². The standard InChI is InChI=1S/C29H40O2Si/c1-24(2)16-27-17-29(18-28(27)21-32(3,4)5,22-30-19-25-12-8-6-9-13-25)23-31-20-26-14-10-7-11-15-26/h6-16,21,27H,17-20,22-23H2,1-5H3/b28-21+. The second-order valence-corrected chi connectivity index (χ2v) is 15.8. The van der Waals surface area contributed by atoms with E-state index in [2.05, 4.69) is 106 Å². The largest absolute Gasteiger partial charge is 0.376 e. The molecule has 2 aromatic carbocycles. The van der Waals surface area contributed by atoms with Crippen LogP contribution in [0.5, 0.6) is 0 Å². The van der Waals surface area contributed by atoms with Gasteiger partial charge in [0.05, 0.1) is 34.5 Å². The third kappa shape index (κ3) is 7.88. The zero-order valence-electron chi connectivity index (χ0n) is 20.6. The highest BCUT2D eigenvalue weighted by atomic mass is 28.3. The smallest absolute Gasteiger partial charge is 0.0717 e. The average Bonchev–Trinajstić information content (AvgIpc) is 3.04. The van der Waals surface area contributed by atoms with E-state index in [9.17, 15) is 0 Å². The van der Waals surface area contributed by atoms with Crippen LogP contribution < -0.4 is 0 Å². The van der Waals surface area contributed by atoms with E-state index in [1.807, 2.05) is 0 Å². The topological polar surface area (TPSA) is 18.5 Å². The molecule has 32 heavy (non-hydrogen) atoms. The van der Waals surface area contributed by atoms with E-state index < -0.39 is 8.07 Å². The Kier molecular flexibility index (Phi) is 8.69. The van der Waals surface area contributed by atoms with Crippen molar-refractivity contribution in [2.24, 2.45) is 11.3 Å². The van der Waals surface area contributed by atoms with E-state index in [4.69, 9.17) is 9.47 Å². The molecule has 1 atom stereocenters. The van der Waals surface area contributed by atoms with Crippen LogP contribution in [-0.2, 0) is 22.7 Å². The van der Waals surface area contributed by atoms with Gasteiger partial charge in [-0.05, 0) is 43.7 Å². The lowest BCUT2D eigenvalue weighted by Gasteiger charge is -2.29. The van der Waals surface area contributed by atoms with Crippen molar-refractivity contribution in [1.29, 1.82) is 0 Å². The molecule has 2 aromatic rings. The summed E-state index contributed by atoms with van der Waals surface area (Å²) in [6, 6.07) is 20.9. The summed E-state index contributed by atoms with van der Waals surface area (Å²) in [5.74, 6) is 0.493. The molecule has 0 radical (unpaired) electrons. The minimum atomic E-state index is -1.32. The lowest BCUT2D eigenvalue weighted by atomic mass is 9.86. The number of benzene rings is 2. The number of rotatable bonds is 10. The van der Waals surface area contributed by atoms with Gasteiger partial charge in [0, 0.05) is 5.41 Å². The predicted molar refractivity (Wildman–Crippen MR) is 138 cm³/mol. The molecule has 1 unspecified atom stereocenters. The molecule has 0 aliphatic heterocycles. The van der Waals surface area contributed by atoms with Crippen molar-refractivity contribution in [2.75, 3.05) is 13.2 Å². The summed E-state index contributed by atoms with van der Waals surface area (Å²) in [5, 5.41) is 0. The number of hydrogen-bond acceptors (Lipinski definition) is 2. The number of hydrogen-bond donors (Lipinski definition) is 0. The van der Waals surface area contributed by atoms with Gasteiger partial charge in [-0.2, -0.15) is 0 Å². The van der Waals surface area contributed by atoms with Crippen LogP contribution in [0.25, 0.3) is 0 Å². The highest BCUT2D eigenvalue weighted by Crippen LogP contribution is 2.47. The fraction of sp³-hybridized carbons (Fsp3) is 0.448. The van der Waals surface area contributed by atoms with Gasteiger partial charge in [0.25, 0.3) is 0 Å². The summed E-state index contributed by atoms with van der Waals surface area (Å²) in [5.41, 5.74) is 8.08. The van der Waals surface area contributed by atoms with E-state index in [0.717, 1.165) is 26.1 Å². The molecule has 0 bridgehead atoms. The van der Waals surface area contributed by atoms with Gasteiger partial charge < -0.3 is 9.47 Å². The van der Waals surface area contributed by atoms with E-state index in [-0.39, 0.29) is 5.41 Å². The van der Waals surface area contributed by atoms with Crippen molar-refractivity contribution >= 4 is 8.07 Å². The van der Waals surface area contributed by atoms with Gasteiger partial charge in [0.1, 0.15) is 0 Å². The summed E-state index contributed by atoms with van der Waals surface area (Å²) in [6.45, 7) is 14.5. The molecule has 2 nitrogen and oxygen atoms in total. The minimum absolute atomic E-state index is 0.0195. The Morgan fingerprint density at radius 2 is 1.38 bits per heavy atom. The predicted octanol–water partition coefficient (Wildman–Crippen LogP) is 7.59. The van der Waals surface area contributed by atoms with Crippen molar-refractivity contribution in [2.45, 2.75) is 59.5 Å². The van der Waals surface area contributed by atoms with Crippen LogP contribution in [0, 0.1) is 11.3 Å². The molecule has 1 saturated carbocycles. The van der Waals surface area contributed by atoms with Gasteiger partial charge in [-0.1, -0.05) is 103 Å². The molecule has 1 aliphatic rings. The first kappa shape index (κ1) is 24.7. The maximum absolute atomic E-state index is 6.32. The normalized spacial score (nSPS) is 19.3. The quantitative estimate of drug-likeness (QED) is 0.275. The van der Waals surface area contributed by atoms with E-state index >= 15 is 0 Å². The maximum Gasteiger partial charge on any atom is 0.0717 e. The van der Waals surface area contributed by atoms with Crippen LogP contribution in [0.1, 0.15) is 37.8 Å². The van der Waals surface area contributed by atoms with Gasteiger partial charge in [-0.3, -0.25) is 0 Å². The summed E-state index contributed by atoms with van der Waals surface area (Å²) in [7, 11) is -1.32. The molecule has 172 valence electrons. The summed E-state index contributed by atoms with van der Waals surface area (Å²) in [4.78, 5) is 0. The molecule has 0 heterocycles. The Hall–Kier alpha value is -1.94. The molecule has 1 aliphatic carbocycles. The van der Waals surface area contributed by atoms with Crippen LogP contribution >= 0.6 is 0 Å². The highest BCUT2D eigenvalue weighted by Gasteiger charge is 2.42. The molecule has 0 N–H and O–H groups in total. The lowest BCUT2D eigenvalue weighted by Crippen LogP contribution is -2.30. The first-order valence-corrected chi connectivity index (χ1v) is 15.4. The van der Waals surface area contributed by atoms with Crippen LogP contribution in [-0.4, -0.2) is 21.3 Å². The third-order valence-corrected chi connectivity index (χ3v) is 7.14. The fourth-order valence-corrected chi connectivity index (χ4v) is 6.13. The van der Waals surface area contributed by atoms with Crippen LogP contribution in [0.4, 0.5) is 0 Å². The molecular weight excluding hydrogens is 408 g/mol. The van der Waals surface area contributed by atoms with E-state index in [1.54, 1.807) is 5.57 Å². The van der Waals surface area contributed by atoms with Crippen molar-refractivity contribution in [3.8, 4) is 0 Å². The van der Waals surface area contributed by atoms with Crippen LogP contribution in [0.15, 0.2) is 83.6 Å². The second kappa shape index (κ2) is 11.3. The molecule has 3 rings (SSSR count). The SMILES string of the molecule is CC(C)=CC1CC(COCc2ccccc2)(COCc2ccccc2)C/C1=C\[Si](C)(C)C. The number of ether oxygens (including phenoxy) is 2. The highest BCUT2D eigenvalue weighted by molar-refractivity contribution is 6.81. The lowest BCUT2D eigenvalue weighted by molar-refractivity contribution is -0.0298. The van der Waals surface area contributed by atoms with Gasteiger partial charge in [-0.25, -0.2) is 0 Å². The Morgan fingerprint density at radius 1 is 0.875 bits per heavy atom. The van der Waals surface area contributed by atoms with Crippen LogP contribution in [0.3, 0.4) is 0 Å². The zero-order chi connectivity index (χ0) is 23.0. The summed E-state index contributed by atoms with van der Waals surface area (Å²) < 4.78 is 12.6. The number of allylic oxidation sites excluding steroid dienone is 3. The maximum atomic E-state index is 6.32. The van der Waals surface area contributed by atoms with Gasteiger partial charge >= 0.3 is 0 Å². The molecule has 0 spiro atoms. The van der Waals surface area contributed by atoms with Gasteiger partial charge in [-0.15, -0.1) is 0 Å². The molecular formula is C29H40O2Si. The van der Waals surface area contributed by atoms with E-state index in [0.29, 0.717) is 19.1 Å². The monoisotopic (exact) mass is 448 g/mol. The van der Waals surface area contributed by atoms with Crippen molar-refractivity contribution in [3.05, 3.63) is 94.7 Å². The van der Waals surface area contributed by atoms with Gasteiger partial charge in [0.2, 0.25) is 0 Å². The summed E-state index contributed by atoms with van der Waals surface area (Å²) in [6.07, 6.45) is 4.62. The first-order chi connectivity index (χ1) is 15.2. The molecule has 0 aromatic heterocycles. The molecule has 0 amide bonds. The molecule has 0 saturated heterocycles. The molecule has 1 fully saturated rings. The Balaban J connectivity index is 1.76. The Bertz CT molecular complexity index is 844. The van der Waals surface area contributed by atoms with Gasteiger partial charge in [0.15, 0.2) is 0 Å². The molecule has 3 heteroatoms. The third-order valence-electron chi connectivity index (χ3n) is 5.90. The Morgan fingerprint density at radius 3 is 1.81 bits per heavy atom. The van der Waals surface area contributed by atoms with E-state index in [1.165, 1.54) is 16.7 Å². The average molecular weight is 449 g/mol. The second-order valence-electron chi connectivity index (χ2n) is 10.8. The van der Waals surface area contributed by atoms with Crippen molar-refractivity contribution < 1.29 is 9.47 Å². The summed E-state index contributed by atoms with van der Waals surface area (Å²) >= 11 is 0. The van der Waals surface area contributed by atoms with Crippen molar-refractivity contribution in [3.63, 3.8) is 0 Å². The first-order valence-electron chi connectivity index (χ1n) is 11.8. The van der Waals surface area contributed by atoms with Crippen LogP contribution in [0.2, 0.25) is 19.6 Å². The zero-order valence-corrected chi connectivity index (χ0v) is 21.6. The minimum Gasteiger partial charge on any atom is -0.376 e. The fourth-order valence-electron chi connectivity index (χ4n) is 4.70.